The van der Waals surface area contributed by atoms with E-state index in [1.54, 1.807) is 6.08 Å². The lowest BCUT2D eigenvalue weighted by atomic mass is 10.2. The van der Waals surface area contributed by atoms with Crippen molar-refractivity contribution >= 4 is 6.08 Å². The summed E-state index contributed by atoms with van der Waals surface area (Å²) in [5.41, 5.74) is 1.08. The molecule has 0 saturated carbocycles. The highest BCUT2D eigenvalue weighted by Gasteiger charge is 2.21. The van der Waals surface area contributed by atoms with E-state index in [1.165, 1.54) is 0 Å². The Kier molecular flexibility index (Phi) is 4.13. The van der Waals surface area contributed by atoms with E-state index in [2.05, 4.69) is 6.58 Å². The molecule has 0 aliphatic carbocycles. The summed E-state index contributed by atoms with van der Waals surface area (Å²) in [4.78, 5) is 0. The van der Waals surface area contributed by atoms with Crippen LogP contribution in [0, 0.1) is 0 Å². The molecule has 16 heavy (non-hydrogen) atoms. The molecular formula is C14H20O2. The fraction of sp³-hybridized carbons (Fsp3) is 0.429. The molecule has 0 atom stereocenters. The fourth-order valence-corrected chi connectivity index (χ4v) is 1.55. The summed E-state index contributed by atoms with van der Waals surface area (Å²) in [6.07, 6.45) is 1.95. The van der Waals surface area contributed by atoms with Gasteiger partial charge in [0.15, 0.2) is 0 Å². The van der Waals surface area contributed by atoms with Crippen LogP contribution in [-0.2, 0) is 4.74 Å². The van der Waals surface area contributed by atoms with Crippen molar-refractivity contribution in [1.29, 1.82) is 0 Å². The minimum absolute atomic E-state index is 0.141. The monoisotopic (exact) mass is 220 g/mol. The highest BCUT2D eigenvalue weighted by molar-refractivity contribution is 5.48. The SMILES string of the molecule is C=Cc1ccc(OC(C)(C)OC(C)C)cc1. The zero-order valence-electron chi connectivity index (χ0n) is 10.5. The zero-order chi connectivity index (χ0) is 12.2. The lowest BCUT2D eigenvalue weighted by Crippen LogP contribution is -2.34. The van der Waals surface area contributed by atoms with Crippen LogP contribution in [0.4, 0.5) is 0 Å². The molecule has 2 heteroatoms. The van der Waals surface area contributed by atoms with Gasteiger partial charge in [0.25, 0.3) is 0 Å². The first-order valence-electron chi connectivity index (χ1n) is 5.52. The molecule has 0 aromatic heterocycles. The van der Waals surface area contributed by atoms with Gasteiger partial charge in [-0.15, -0.1) is 0 Å². The number of hydrogen-bond donors (Lipinski definition) is 0. The van der Waals surface area contributed by atoms with Gasteiger partial charge in [-0.25, -0.2) is 0 Å². The highest BCUT2D eigenvalue weighted by atomic mass is 16.7. The number of hydrogen-bond acceptors (Lipinski definition) is 2. The molecule has 0 aliphatic rings. The number of rotatable bonds is 5. The second kappa shape index (κ2) is 5.17. The molecule has 0 fully saturated rings. The van der Waals surface area contributed by atoms with Gasteiger partial charge in [0.2, 0.25) is 5.79 Å². The second-order valence-corrected chi connectivity index (χ2v) is 4.44. The lowest BCUT2D eigenvalue weighted by molar-refractivity contribution is -0.178. The Hall–Kier alpha value is -1.28. The summed E-state index contributed by atoms with van der Waals surface area (Å²) in [5.74, 6) is 0.195. The quantitative estimate of drug-likeness (QED) is 0.701. The lowest BCUT2D eigenvalue weighted by Gasteiger charge is -2.28. The summed E-state index contributed by atoms with van der Waals surface area (Å²) in [6, 6.07) is 7.77. The van der Waals surface area contributed by atoms with Gasteiger partial charge in [-0.3, -0.25) is 0 Å². The van der Waals surface area contributed by atoms with Crippen molar-refractivity contribution in [2.45, 2.75) is 39.6 Å². The summed E-state index contributed by atoms with van der Waals surface area (Å²) in [7, 11) is 0. The number of benzene rings is 1. The van der Waals surface area contributed by atoms with Gasteiger partial charge >= 0.3 is 0 Å². The fourth-order valence-electron chi connectivity index (χ4n) is 1.55. The molecule has 0 saturated heterocycles. The molecule has 88 valence electrons. The summed E-state index contributed by atoms with van der Waals surface area (Å²) in [5, 5.41) is 0. The van der Waals surface area contributed by atoms with Crippen LogP contribution in [0.25, 0.3) is 6.08 Å². The Labute approximate surface area is 97.9 Å². The maximum Gasteiger partial charge on any atom is 0.205 e. The molecule has 0 amide bonds. The van der Waals surface area contributed by atoms with Crippen LogP contribution in [0.15, 0.2) is 30.8 Å². The third-order valence-corrected chi connectivity index (χ3v) is 2.00. The maximum absolute atomic E-state index is 5.76. The average molecular weight is 220 g/mol. The first-order chi connectivity index (χ1) is 7.43. The molecule has 1 aromatic carbocycles. The van der Waals surface area contributed by atoms with Crippen LogP contribution in [-0.4, -0.2) is 11.9 Å². The number of ether oxygens (including phenoxy) is 2. The largest absolute Gasteiger partial charge is 0.463 e. The predicted octanol–water partition coefficient (Wildman–Crippen LogP) is 3.87. The van der Waals surface area contributed by atoms with Crippen LogP contribution in [0.2, 0.25) is 0 Å². The van der Waals surface area contributed by atoms with Crippen LogP contribution in [0.3, 0.4) is 0 Å². The second-order valence-electron chi connectivity index (χ2n) is 4.44. The van der Waals surface area contributed by atoms with Crippen LogP contribution in [0.1, 0.15) is 33.3 Å². The van der Waals surface area contributed by atoms with Crippen LogP contribution < -0.4 is 4.74 Å². The Balaban J connectivity index is 2.68. The van der Waals surface area contributed by atoms with E-state index in [4.69, 9.17) is 9.47 Å². The minimum Gasteiger partial charge on any atom is -0.463 e. The van der Waals surface area contributed by atoms with Crippen molar-refractivity contribution in [3.63, 3.8) is 0 Å². The molecule has 0 radical (unpaired) electrons. The minimum atomic E-state index is -0.607. The molecule has 0 N–H and O–H groups in total. The Morgan fingerprint density at radius 2 is 1.75 bits per heavy atom. The molecule has 1 rings (SSSR count). The third kappa shape index (κ3) is 4.07. The summed E-state index contributed by atoms with van der Waals surface area (Å²) in [6.45, 7) is 11.5. The topological polar surface area (TPSA) is 18.5 Å². The molecule has 0 aliphatic heterocycles. The van der Waals surface area contributed by atoms with Gasteiger partial charge in [0.05, 0.1) is 6.10 Å². The van der Waals surface area contributed by atoms with Gasteiger partial charge < -0.3 is 9.47 Å². The molecular weight excluding hydrogens is 200 g/mol. The van der Waals surface area contributed by atoms with Crippen molar-refractivity contribution in [1.82, 2.24) is 0 Å². The van der Waals surface area contributed by atoms with Gasteiger partial charge in [-0.2, -0.15) is 0 Å². The smallest absolute Gasteiger partial charge is 0.205 e. The molecule has 0 spiro atoms. The van der Waals surface area contributed by atoms with E-state index in [0.29, 0.717) is 0 Å². The predicted molar refractivity (Wildman–Crippen MR) is 67.5 cm³/mol. The van der Waals surface area contributed by atoms with Crippen molar-refractivity contribution < 1.29 is 9.47 Å². The Morgan fingerprint density at radius 3 is 2.19 bits per heavy atom. The normalized spacial score (nSPS) is 11.6. The van der Waals surface area contributed by atoms with E-state index < -0.39 is 5.79 Å². The summed E-state index contributed by atoms with van der Waals surface area (Å²) < 4.78 is 11.4. The van der Waals surface area contributed by atoms with E-state index in [9.17, 15) is 0 Å². The summed E-state index contributed by atoms with van der Waals surface area (Å²) >= 11 is 0. The molecule has 0 bridgehead atoms. The third-order valence-electron chi connectivity index (χ3n) is 2.00. The van der Waals surface area contributed by atoms with Gasteiger partial charge in [-0.1, -0.05) is 24.8 Å². The van der Waals surface area contributed by atoms with Crippen LogP contribution in [0.5, 0.6) is 5.75 Å². The molecule has 0 heterocycles. The van der Waals surface area contributed by atoms with E-state index >= 15 is 0 Å². The van der Waals surface area contributed by atoms with E-state index in [-0.39, 0.29) is 6.10 Å². The van der Waals surface area contributed by atoms with Crippen molar-refractivity contribution in [3.8, 4) is 5.75 Å². The van der Waals surface area contributed by atoms with Crippen molar-refractivity contribution in [2.24, 2.45) is 0 Å². The van der Waals surface area contributed by atoms with Crippen molar-refractivity contribution in [3.05, 3.63) is 36.4 Å². The highest BCUT2D eigenvalue weighted by Crippen LogP contribution is 2.21. The van der Waals surface area contributed by atoms with Crippen molar-refractivity contribution in [2.75, 3.05) is 0 Å². The maximum atomic E-state index is 5.76. The van der Waals surface area contributed by atoms with Gasteiger partial charge in [0, 0.05) is 13.8 Å². The Morgan fingerprint density at radius 1 is 1.19 bits per heavy atom. The van der Waals surface area contributed by atoms with E-state index in [0.717, 1.165) is 11.3 Å². The standard InChI is InChI=1S/C14H20O2/c1-6-12-7-9-13(10-8-12)16-14(4,5)15-11(2)3/h6-11H,1H2,2-5H3. The van der Waals surface area contributed by atoms with E-state index in [1.807, 2.05) is 52.0 Å². The first kappa shape index (κ1) is 12.8. The van der Waals surface area contributed by atoms with Gasteiger partial charge in [0.1, 0.15) is 5.75 Å². The van der Waals surface area contributed by atoms with Gasteiger partial charge in [-0.05, 0) is 31.5 Å². The molecule has 1 aromatic rings. The first-order valence-corrected chi connectivity index (χ1v) is 5.52. The average Bonchev–Trinajstić information content (AvgIpc) is 2.16. The van der Waals surface area contributed by atoms with Crippen LogP contribution >= 0.6 is 0 Å². The zero-order valence-corrected chi connectivity index (χ0v) is 10.5. The molecule has 2 nitrogen and oxygen atoms in total. The molecule has 0 unspecified atom stereocenters. The Bertz CT molecular complexity index is 336.